The number of hydrogen-bond donors (Lipinski definition) is 0. The summed E-state index contributed by atoms with van der Waals surface area (Å²) in [4.78, 5) is 11.6. The van der Waals surface area contributed by atoms with Crippen molar-refractivity contribution in [3.63, 3.8) is 0 Å². The molecule has 1 aliphatic heterocycles. The number of hydrogen-bond acceptors (Lipinski definition) is 3. The molecule has 5 heteroatoms. The van der Waals surface area contributed by atoms with Gasteiger partial charge in [0.2, 0.25) is 0 Å². The fourth-order valence-corrected chi connectivity index (χ4v) is 1.95. The van der Waals surface area contributed by atoms with Crippen LogP contribution in [0.2, 0.25) is 5.02 Å². The lowest BCUT2D eigenvalue weighted by atomic mass is 10.2. The van der Waals surface area contributed by atoms with Gasteiger partial charge in [-0.05, 0) is 25.0 Å². The number of carbonyl (C=O) groups is 1. The van der Waals surface area contributed by atoms with E-state index in [1.165, 1.54) is 18.2 Å². The average Bonchev–Trinajstić information content (AvgIpc) is 2.79. The molecule has 17 heavy (non-hydrogen) atoms. The number of ether oxygens (including phenoxy) is 2. The molecule has 1 aromatic rings. The van der Waals surface area contributed by atoms with Crippen LogP contribution in [0.1, 0.15) is 23.2 Å². The molecule has 0 aromatic heterocycles. The molecule has 0 radical (unpaired) electrons. The van der Waals surface area contributed by atoms with Crippen LogP contribution in [0.15, 0.2) is 18.2 Å². The van der Waals surface area contributed by atoms with E-state index in [0.717, 1.165) is 12.8 Å². The highest BCUT2D eigenvalue weighted by Crippen LogP contribution is 2.20. The molecule has 3 nitrogen and oxygen atoms in total. The first-order valence-electron chi connectivity index (χ1n) is 5.41. The Morgan fingerprint density at radius 3 is 3.06 bits per heavy atom. The summed E-state index contributed by atoms with van der Waals surface area (Å²) >= 11 is 5.75. The van der Waals surface area contributed by atoms with Crippen LogP contribution in [-0.4, -0.2) is 25.3 Å². The predicted octanol–water partition coefficient (Wildman–Crippen LogP) is 2.81. The number of carbonyl (C=O) groups excluding carboxylic acids is 1. The maximum Gasteiger partial charge on any atom is 0.342 e. The molecule has 1 aromatic carbocycles. The summed E-state index contributed by atoms with van der Waals surface area (Å²) in [6.45, 7) is 0.826. The van der Waals surface area contributed by atoms with E-state index in [2.05, 4.69) is 0 Å². The lowest BCUT2D eigenvalue weighted by molar-refractivity contribution is 0.0158. The molecule has 1 fully saturated rings. The molecule has 0 N–H and O–H groups in total. The summed E-state index contributed by atoms with van der Waals surface area (Å²) < 4.78 is 23.7. The van der Waals surface area contributed by atoms with Crippen LogP contribution in [0.3, 0.4) is 0 Å². The average molecular weight is 259 g/mol. The van der Waals surface area contributed by atoms with Gasteiger partial charge in [0.05, 0.1) is 11.1 Å². The first kappa shape index (κ1) is 12.3. The van der Waals surface area contributed by atoms with Crippen molar-refractivity contribution in [2.75, 3.05) is 13.2 Å². The van der Waals surface area contributed by atoms with Crippen molar-refractivity contribution >= 4 is 17.6 Å². The van der Waals surface area contributed by atoms with Gasteiger partial charge in [-0.25, -0.2) is 9.18 Å². The number of rotatable bonds is 3. The first-order chi connectivity index (χ1) is 8.18. The fourth-order valence-electron chi connectivity index (χ4n) is 1.71. The molecule has 92 valence electrons. The fraction of sp³-hybridized carbons (Fsp3) is 0.417. The summed E-state index contributed by atoms with van der Waals surface area (Å²) in [7, 11) is 0. The van der Waals surface area contributed by atoms with Gasteiger partial charge in [0.15, 0.2) is 0 Å². The van der Waals surface area contributed by atoms with Gasteiger partial charge >= 0.3 is 5.97 Å². The third kappa shape index (κ3) is 2.96. The molecule has 1 saturated heterocycles. The Bertz CT molecular complexity index is 396. The van der Waals surface area contributed by atoms with Crippen molar-refractivity contribution in [2.24, 2.45) is 0 Å². The maximum atomic E-state index is 13.4. The second-order valence-corrected chi connectivity index (χ2v) is 4.24. The van der Waals surface area contributed by atoms with Crippen LogP contribution in [0, 0.1) is 5.82 Å². The van der Waals surface area contributed by atoms with Gasteiger partial charge in [0.25, 0.3) is 0 Å². The Balaban J connectivity index is 1.99. The molecular weight excluding hydrogens is 247 g/mol. The molecule has 1 aliphatic rings. The molecule has 2 rings (SSSR count). The van der Waals surface area contributed by atoms with E-state index in [9.17, 15) is 9.18 Å². The Morgan fingerprint density at radius 2 is 2.41 bits per heavy atom. The molecule has 1 heterocycles. The van der Waals surface area contributed by atoms with Crippen molar-refractivity contribution in [1.29, 1.82) is 0 Å². The van der Waals surface area contributed by atoms with Crippen molar-refractivity contribution in [2.45, 2.75) is 18.9 Å². The van der Waals surface area contributed by atoms with Crippen LogP contribution in [0.5, 0.6) is 0 Å². The third-order valence-corrected chi connectivity index (χ3v) is 2.91. The van der Waals surface area contributed by atoms with E-state index < -0.39 is 11.8 Å². The highest BCUT2D eigenvalue weighted by Gasteiger charge is 2.21. The lowest BCUT2D eigenvalue weighted by Gasteiger charge is -2.11. The van der Waals surface area contributed by atoms with Crippen molar-refractivity contribution in [3.8, 4) is 0 Å². The molecule has 0 aliphatic carbocycles. The summed E-state index contributed by atoms with van der Waals surface area (Å²) in [5.41, 5.74) is -0.216. The summed E-state index contributed by atoms with van der Waals surface area (Å²) in [5.74, 6) is -1.42. The van der Waals surface area contributed by atoms with Crippen LogP contribution in [-0.2, 0) is 9.47 Å². The van der Waals surface area contributed by atoms with Crippen LogP contribution >= 0.6 is 11.6 Å². The highest BCUT2D eigenvalue weighted by molar-refractivity contribution is 6.33. The quantitative estimate of drug-likeness (QED) is 0.782. The minimum Gasteiger partial charge on any atom is -0.459 e. The minimum absolute atomic E-state index is 0.0577. The van der Waals surface area contributed by atoms with E-state index >= 15 is 0 Å². The Morgan fingerprint density at radius 1 is 1.59 bits per heavy atom. The largest absolute Gasteiger partial charge is 0.459 e. The van der Waals surface area contributed by atoms with E-state index in [-0.39, 0.29) is 23.3 Å². The zero-order valence-electron chi connectivity index (χ0n) is 9.12. The summed E-state index contributed by atoms with van der Waals surface area (Å²) in [6, 6.07) is 4.07. The number of esters is 1. The molecule has 0 bridgehead atoms. The summed E-state index contributed by atoms with van der Waals surface area (Å²) in [6.07, 6.45) is 1.74. The van der Waals surface area contributed by atoms with E-state index in [0.29, 0.717) is 6.61 Å². The van der Waals surface area contributed by atoms with Crippen LogP contribution in [0.4, 0.5) is 4.39 Å². The van der Waals surface area contributed by atoms with Crippen LogP contribution < -0.4 is 0 Å². The zero-order valence-corrected chi connectivity index (χ0v) is 9.87. The van der Waals surface area contributed by atoms with Gasteiger partial charge in [-0.3, -0.25) is 0 Å². The molecule has 0 spiro atoms. The molecule has 0 unspecified atom stereocenters. The van der Waals surface area contributed by atoms with Crippen molar-refractivity contribution in [1.82, 2.24) is 0 Å². The molecule has 0 amide bonds. The van der Waals surface area contributed by atoms with Gasteiger partial charge < -0.3 is 9.47 Å². The maximum absolute atomic E-state index is 13.4. The van der Waals surface area contributed by atoms with Gasteiger partial charge in [0, 0.05) is 6.61 Å². The van der Waals surface area contributed by atoms with E-state index in [4.69, 9.17) is 21.1 Å². The Hall–Kier alpha value is -1.13. The van der Waals surface area contributed by atoms with Crippen molar-refractivity contribution < 1.29 is 18.7 Å². The Labute approximate surface area is 103 Å². The Kier molecular flexibility index (Phi) is 3.97. The normalized spacial score (nSPS) is 19.3. The molecule has 1 atom stereocenters. The van der Waals surface area contributed by atoms with Gasteiger partial charge in [-0.2, -0.15) is 0 Å². The summed E-state index contributed by atoms with van der Waals surface area (Å²) in [5, 5.41) is 0.0577. The van der Waals surface area contributed by atoms with E-state index in [1.54, 1.807) is 0 Å². The molecule has 0 saturated carbocycles. The minimum atomic E-state index is -0.747. The SMILES string of the molecule is O=C(OC[C@H]1CCCO1)c1c(F)cccc1Cl. The second-order valence-electron chi connectivity index (χ2n) is 3.83. The third-order valence-electron chi connectivity index (χ3n) is 2.59. The van der Waals surface area contributed by atoms with E-state index in [1.807, 2.05) is 0 Å². The van der Waals surface area contributed by atoms with Crippen molar-refractivity contribution in [3.05, 3.63) is 34.6 Å². The zero-order chi connectivity index (χ0) is 12.3. The van der Waals surface area contributed by atoms with Gasteiger partial charge in [-0.1, -0.05) is 17.7 Å². The topological polar surface area (TPSA) is 35.5 Å². The number of halogens is 2. The smallest absolute Gasteiger partial charge is 0.342 e. The van der Waals surface area contributed by atoms with Crippen LogP contribution in [0.25, 0.3) is 0 Å². The van der Waals surface area contributed by atoms with Gasteiger partial charge in [-0.15, -0.1) is 0 Å². The second kappa shape index (κ2) is 5.47. The first-order valence-corrected chi connectivity index (χ1v) is 5.79. The monoisotopic (exact) mass is 258 g/mol. The lowest BCUT2D eigenvalue weighted by Crippen LogP contribution is -2.18. The van der Waals surface area contributed by atoms with Gasteiger partial charge in [0.1, 0.15) is 18.0 Å². The highest BCUT2D eigenvalue weighted by atomic mass is 35.5. The molecular formula is C12H12ClFO3. The standard InChI is InChI=1S/C12H12ClFO3/c13-9-4-1-5-10(14)11(9)12(15)17-7-8-3-2-6-16-8/h1,4-5,8H,2-3,6-7H2/t8-/m1/s1. The predicted molar refractivity (Wildman–Crippen MR) is 60.7 cm³/mol. The number of benzene rings is 1.